The predicted octanol–water partition coefficient (Wildman–Crippen LogP) is 5.99. The van der Waals surface area contributed by atoms with Crippen LogP contribution in [0.3, 0.4) is 0 Å². The van der Waals surface area contributed by atoms with Gasteiger partial charge in [0, 0.05) is 23.6 Å². The molecule has 0 aromatic heterocycles. The molecule has 0 aliphatic heterocycles. The molecule has 24 heavy (non-hydrogen) atoms. The first kappa shape index (κ1) is 15.9. The summed E-state index contributed by atoms with van der Waals surface area (Å²) in [7, 11) is 0. The van der Waals surface area contributed by atoms with E-state index in [1.165, 1.54) is 11.1 Å². The molecule has 0 atom stereocenters. The van der Waals surface area contributed by atoms with Crippen LogP contribution in [0.15, 0.2) is 79.4 Å². The molecule has 3 aromatic carbocycles. The van der Waals surface area contributed by atoms with Crippen LogP contribution in [0.1, 0.15) is 16.7 Å². The Morgan fingerprint density at radius 1 is 0.750 bits per heavy atom. The molecule has 0 unspecified atom stereocenters. The van der Waals surface area contributed by atoms with Gasteiger partial charge in [-0.1, -0.05) is 54.6 Å². The minimum absolute atomic E-state index is 0.808. The third-order valence-corrected chi connectivity index (χ3v) is 3.94. The first-order valence-corrected chi connectivity index (χ1v) is 8.12. The first-order valence-electron chi connectivity index (χ1n) is 8.12. The van der Waals surface area contributed by atoms with E-state index in [2.05, 4.69) is 96.9 Å². The van der Waals surface area contributed by atoms with Crippen molar-refractivity contribution in [1.82, 2.24) is 0 Å². The molecule has 2 heteroatoms. The lowest BCUT2D eigenvalue weighted by atomic mass is 10.1. The summed E-state index contributed by atoms with van der Waals surface area (Å²) in [6.45, 7) is 6.68. The highest BCUT2D eigenvalue weighted by atomic mass is 14.9. The Morgan fingerprint density at radius 2 is 1.29 bits per heavy atom. The lowest BCUT2D eigenvalue weighted by Gasteiger charge is -2.10. The molecule has 3 rings (SSSR count). The van der Waals surface area contributed by atoms with Gasteiger partial charge in [-0.2, -0.15) is 0 Å². The van der Waals surface area contributed by atoms with E-state index in [1.54, 1.807) is 0 Å². The van der Waals surface area contributed by atoms with Crippen LogP contribution in [-0.4, -0.2) is 0 Å². The van der Waals surface area contributed by atoms with Gasteiger partial charge in [-0.05, 0) is 54.4 Å². The average molecular weight is 314 g/mol. The predicted molar refractivity (Wildman–Crippen MR) is 105 cm³/mol. The fourth-order valence-corrected chi connectivity index (χ4v) is 2.45. The van der Waals surface area contributed by atoms with Gasteiger partial charge in [-0.3, -0.25) is 0 Å². The van der Waals surface area contributed by atoms with Gasteiger partial charge >= 0.3 is 0 Å². The molecule has 0 heterocycles. The standard InChI is InChI=1S/C22H22N2/c1-3-18-6-8-19(9-7-18)16-23-20-12-14-22(15-13-20)24-21-10-4-17(2)5-11-21/h3-15,23-24H,1,16H2,2H3. The monoisotopic (exact) mass is 314 g/mol. The molecule has 2 nitrogen and oxygen atoms in total. The van der Waals surface area contributed by atoms with Crippen molar-refractivity contribution < 1.29 is 0 Å². The molecule has 2 N–H and O–H groups in total. The van der Waals surface area contributed by atoms with Crippen molar-refractivity contribution in [3.8, 4) is 0 Å². The number of hydrogen-bond acceptors (Lipinski definition) is 2. The van der Waals surface area contributed by atoms with E-state index in [4.69, 9.17) is 0 Å². The van der Waals surface area contributed by atoms with E-state index in [-0.39, 0.29) is 0 Å². The Bertz CT molecular complexity index is 785. The van der Waals surface area contributed by atoms with Crippen LogP contribution in [-0.2, 0) is 6.54 Å². The van der Waals surface area contributed by atoms with Gasteiger partial charge in [-0.15, -0.1) is 0 Å². The molecular weight excluding hydrogens is 292 g/mol. The van der Waals surface area contributed by atoms with Crippen LogP contribution >= 0.6 is 0 Å². The Morgan fingerprint density at radius 3 is 1.88 bits per heavy atom. The second-order valence-electron chi connectivity index (χ2n) is 5.87. The lowest BCUT2D eigenvalue weighted by molar-refractivity contribution is 1.15. The van der Waals surface area contributed by atoms with Crippen molar-refractivity contribution in [2.75, 3.05) is 10.6 Å². The highest BCUT2D eigenvalue weighted by molar-refractivity contribution is 5.62. The van der Waals surface area contributed by atoms with Crippen molar-refractivity contribution in [3.05, 3.63) is 96.1 Å². The SMILES string of the molecule is C=Cc1ccc(CNc2ccc(Nc3ccc(C)cc3)cc2)cc1. The van der Waals surface area contributed by atoms with E-state index < -0.39 is 0 Å². The van der Waals surface area contributed by atoms with Crippen molar-refractivity contribution in [3.63, 3.8) is 0 Å². The molecule has 0 saturated carbocycles. The maximum atomic E-state index is 3.78. The summed E-state index contributed by atoms with van der Waals surface area (Å²) in [6.07, 6.45) is 1.86. The van der Waals surface area contributed by atoms with Gasteiger partial charge in [0.2, 0.25) is 0 Å². The van der Waals surface area contributed by atoms with Crippen molar-refractivity contribution in [1.29, 1.82) is 0 Å². The molecule has 0 radical (unpaired) electrons. The third-order valence-electron chi connectivity index (χ3n) is 3.94. The Balaban J connectivity index is 1.57. The minimum Gasteiger partial charge on any atom is -0.381 e. The molecule has 0 amide bonds. The van der Waals surface area contributed by atoms with Gasteiger partial charge in [0.25, 0.3) is 0 Å². The Hall–Kier alpha value is -3.00. The van der Waals surface area contributed by atoms with Gasteiger partial charge in [0.1, 0.15) is 0 Å². The van der Waals surface area contributed by atoms with E-state index in [9.17, 15) is 0 Å². The smallest absolute Gasteiger partial charge is 0.0400 e. The minimum atomic E-state index is 0.808. The molecule has 0 bridgehead atoms. The summed E-state index contributed by atoms with van der Waals surface area (Å²) in [5, 5.41) is 6.85. The lowest BCUT2D eigenvalue weighted by Crippen LogP contribution is -1.99. The summed E-state index contributed by atoms with van der Waals surface area (Å²) in [5.41, 5.74) is 6.95. The first-order chi connectivity index (χ1) is 11.7. The van der Waals surface area contributed by atoms with Gasteiger partial charge in [0.05, 0.1) is 0 Å². The number of rotatable bonds is 6. The molecule has 0 spiro atoms. The van der Waals surface area contributed by atoms with Crippen LogP contribution < -0.4 is 10.6 Å². The molecular formula is C22H22N2. The zero-order valence-electron chi connectivity index (χ0n) is 13.9. The second-order valence-corrected chi connectivity index (χ2v) is 5.87. The summed E-state index contributed by atoms with van der Waals surface area (Å²) in [6, 6.07) is 25.2. The molecule has 0 aliphatic rings. The summed E-state index contributed by atoms with van der Waals surface area (Å²) in [5.74, 6) is 0. The van der Waals surface area contributed by atoms with Gasteiger partial charge in [0.15, 0.2) is 0 Å². The zero-order valence-corrected chi connectivity index (χ0v) is 13.9. The average Bonchev–Trinajstić information content (AvgIpc) is 2.63. The number of benzene rings is 3. The quantitative estimate of drug-likeness (QED) is 0.583. The number of hydrogen-bond donors (Lipinski definition) is 2. The molecule has 0 saturated heterocycles. The fourth-order valence-electron chi connectivity index (χ4n) is 2.45. The number of aryl methyl sites for hydroxylation is 1. The van der Waals surface area contributed by atoms with E-state index in [1.807, 2.05) is 6.08 Å². The van der Waals surface area contributed by atoms with Gasteiger partial charge in [-0.25, -0.2) is 0 Å². The maximum absolute atomic E-state index is 3.78. The molecule has 0 fully saturated rings. The van der Waals surface area contributed by atoms with Crippen LogP contribution in [0.4, 0.5) is 17.1 Å². The normalized spacial score (nSPS) is 10.2. The van der Waals surface area contributed by atoms with Crippen LogP contribution in [0, 0.1) is 6.92 Å². The Labute approximate surface area is 143 Å². The number of nitrogens with one attached hydrogen (secondary N) is 2. The summed E-state index contributed by atoms with van der Waals surface area (Å²) < 4.78 is 0. The molecule has 3 aromatic rings. The van der Waals surface area contributed by atoms with Crippen molar-refractivity contribution in [2.45, 2.75) is 13.5 Å². The summed E-state index contributed by atoms with van der Waals surface area (Å²) >= 11 is 0. The topological polar surface area (TPSA) is 24.1 Å². The Kier molecular flexibility index (Phi) is 4.97. The van der Waals surface area contributed by atoms with Crippen LogP contribution in [0.5, 0.6) is 0 Å². The third kappa shape index (κ3) is 4.26. The zero-order chi connectivity index (χ0) is 16.8. The highest BCUT2D eigenvalue weighted by Gasteiger charge is 1.97. The fraction of sp³-hybridized carbons (Fsp3) is 0.0909. The van der Waals surface area contributed by atoms with E-state index >= 15 is 0 Å². The van der Waals surface area contributed by atoms with Crippen molar-refractivity contribution in [2.24, 2.45) is 0 Å². The number of anilines is 3. The molecule has 0 aliphatic carbocycles. The van der Waals surface area contributed by atoms with E-state index in [0.717, 1.165) is 29.2 Å². The maximum Gasteiger partial charge on any atom is 0.0400 e. The largest absolute Gasteiger partial charge is 0.381 e. The van der Waals surface area contributed by atoms with Crippen molar-refractivity contribution >= 4 is 23.1 Å². The second kappa shape index (κ2) is 7.51. The summed E-state index contributed by atoms with van der Waals surface area (Å²) in [4.78, 5) is 0. The highest BCUT2D eigenvalue weighted by Crippen LogP contribution is 2.19. The van der Waals surface area contributed by atoms with Gasteiger partial charge < -0.3 is 10.6 Å². The van der Waals surface area contributed by atoms with Crippen LogP contribution in [0.2, 0.25) is 0 Å². The van der Waals surface area contributed by atoms with E-state index in [0.29, 0.717) is 0 Å². The van der Waals surface area contributed by atoms with Crippen LogP contribution in [0.25, 0.3) is 6.08 Å². The molecule has 120 valence electrons.